The van der Waals surface area contributed by atoms with Gasteiger partial charge >= 0.3 is 0 Å². The first-order chi connectivity index (χ1) is 7.43. The van der Waals surface area contributed by atoms with Crippen LogP contribution in [0.5, 0.6) is 5.75 Å². The molecule has 0 fully saturated rings. The summed E-state index contributed by atoms with van der Waals surface area (Å²) in [6, 6.07) is 5.97. The Labute approximate surface area is 94.2 Å². The second-order valence-corrected chi connectivity index (χ2v) is 5.41. The van der Waals surface area contributed by atoms with Gasteiger partial charge in [0.05, 0.1) is 11.5 Å². The highest BCUT2D eigenvalue weighted by Crippen LogP contribution is 2.17. The molecule has 0 aromatic heterocycles. The number of rotatable bonds is 5. The van der Waals surface area contributed by atoms with Gasteiger partial charge in [0.15, 0.2) is 9.84 Å². The largest absolute Gasteiger partial charge is 0.491 e. The summed E-state index contributed by atoms with van der Waals surface area (Å²) in [6.07, 6.45) is 0.135. The average Bonchev–Trinajstić information content (AvgIpc) is 2.25. The summed E-state index contributed by atoms with van der Waals surface area (Å²) in [4.78, 5) is 0.156. The highest BCUT2D eigenvalue weighted by molar-refractivity contribution is 7.90. The van der Waals surface area contributed by atoms with Crippen LogP contribution in [-0.4, -0.2) is 44.2 Å². The second-order valence-electron chi connectivity index (χ2n) is 3.39. The molecule has 16 heavy (non-hydrogen) atoms. The number of ether oxygens (including phenoxy) is 1. The van der Waals surface area contributed by atoms with Gasteiger partial charge in [-0.15, -0.1) is 0 Å². The van der Waals surface area contributed by atoms with E-state index in [1.165, 1.54) is 12.1 Å². The van der Waals surface area contributed by atoms with Crippen molar-refractivity contribution < 1.29 is 23.4 Å². The van der Waals surface area contributed by atoms with E-state index >= 15 is 0 Å². The highest BCUT2D eigenvalue weighted by atomic mass is 32.2. The van der Waals surface area contributed by atoms with E-state index in [-0.39, 0.29) is 11.5 Å². The fourth-order valence-corrected chi connectivity index (χ4v) is 1.70. The van der Waals surface area contributed by atoms with Crippen LogP contribution in [0.15, 0.2) is 29.2 Å². The Hall–Kier alpha value is -1.11. The molecule has 1 aromatic rings. The maximum absolute atomic E-state index is 11.2. The normalized spacial score (nSPS) is 13.4. The van der Waals surface area contributed by atoms with Crippen LogP contribution in [0.2, 0.25) is 0 Å². The molecular formula is C10H14O5S. The van der Waals surface area contributed by atoms with Gasteiger partial charge in [0.25, 0.3) is 0 Å². The Bertz CT molecular complexity index is 440. The van der Waals surface area contributed by atoms with Crippen LogP contribution in [-0.2, 0) is 9.84 Å². The predicted molar refractivity (Wildman–Crippen MR) is 58.1 cm³/mol. The summed E-state index contributed by atoms with van der Waals surface area (Å²) in [6.45, 7) is -0.477. The van der Waals surface area contributed by atoms with Crippen molar-refractivity contribution in [1.29, 1.82) is 0 Å². The number of aliphatic hydroxyl groups is 2. The second kappa shape index (κ2) is 5.29. The molecule has 0 heterocycles. The summed E-state index contributed by atoms with van der Waals surface area (Å²) in [7, 11) is -3.26. The van der Waals surface area contributed by atoms with Crippen LogP contribution in [0.3, 0.4) is 0 Å². The standard InChI is InChI=1S/C10H14O5S/c1-16(13,14)10-4-2-3-9(5-10)15-7-8(12)6-11/h2-5,8,11-12H,6-7H2,1H3. The molecule has 0 aliphatic carbocycles. The summed E-state index contributed by atoms with van der Waals surface area (Å²) in [5.41, 5.74) is 0. The van der Waals surface area contributed by atoms with E-state index in [0.29, 0.717) is 5.75 Å². The van der Waals surface area contributed by atoms with E-state index in [9.17, 15) is 8.42 Å². The minimum Gasteiger partial charge on any atom is -0.491 e. The van der Waals surface area contributed by atoms with Crippen molar-refractivity contribution in [2.75, 3.05) is 19.5 Å². The molecule has 0 saturated heterocycles. The third-order valence-electron chi connectivity index (χ3n) is 1.89. The molecule has 5 nitrogen and oxygen atoms in total. The van der Waals surface area contributed by atoms with E-state index in [0.717, 1.165) is 6.26 Å². The zero-order chi connectivity index (χ0) is 12.2. The molecular weight excluding hydrogens is 232 g/mol. The molecule has 6 heteroatoms. The van der Waals surface area contributed by atoms with Crippen LogP contribution in [0.25, 0.3) is 0 Å². The summed E-state index contributed by atoms with van der Waals surface area (Å²) >= 11 is 0. The third kappa shape index (κ3) is 3.80. The van der Waals surface area contributed by atoms with Crippen molar-refractivity contribution >= 4 is 9.84 Å². The molecule has 0 spiro atoms. The average molecular weight is 246 g/mol. The van der Waals surface area contributed by atoms with Gasteiger partial charge in [0.2, 0.25) is 0 Å². The van der Waals surface area contributed by atoms with Gasteiger partial charge in [-0.05, 0) is 18.2 Å². The van der Waals surface area contributed by atoms with Crippen LogP contribution < -0.4 is 4.74 Å². The molecule has 1 atom stereocenters. The fourth-order valence-electron chi connectivity index (χ4n) is 1.04. The van der Waals surface area contributed by atoms with E-state index in [4.69, 9.17) is 14.9 Å². The molecule has 0 aliphatic rings. The van der Waals surface area contributed by atoms with Gasteiger partial charge in [0, 0.05) is 6.26 Å². The number of hydrogen-bond acceptors (Lipinski definition) is 5. The van der Waals surface area contributed by atoms with Crippen LogP contribution >= 0.6 is 0 Å². The van der Waals surface area contributed by atoms with Crippen LogP contribution in [0.4, 0.5) is 0 Å². The maximum atomic E-state index is 11.2. The SMILES string of the molecule is CS(=O)(=O)c1cccc(OCC(O)CO)c1. The van der Waals surface area contributed by atoms with Gasteiger partial charge < -0.3 is 14.9 Å². The predicted octanol–water partition coefficient (Wildman–Crippen LogP) is -0.178. The lowest BCUT2D eigenvalue weighted by Crippen LogP contribution is -2.21. The Morgan fingerprint density at radius 2 is 2.12 bits per heavy atom. The first-order valence-electron chi connectivity index (χ1n) is 4.65. The number of benzene rings is 1. The van der Waals surface area contributed by atoms with Gasteiger partial charge in [-0.3, -0.25) is 0 Å². The molecule has 0 aliphatic heterocycles. The van der Waals surface area contributed by atoms with Gasteiger partial charge in [-0.25, -0.2) is 8.42 Å². The third-order valence-corrected chi connectivity index (χ3v) is 3.00. The Balaban J connectivity index is 2.76. The van der Waals surface area contributed by atoms with Gasteiger partial charge in [-0.2, -0.15) is 0 Å². The lowest BCUT2D eigenvalue weighted by Gasteiger charge is -2.10. The minimum atomic E-state index is -3.26. The summed E-state index contributed by atoms with van der Waals surface area (Å²) in [5.74, 6) is 0.343. The molecule has 1 unspecified atom stereocenters. The van der Waals surface area contributed by atoms with Crippen LogP contribution in [0.1, 0.15) is 0 Å². The molecule has 0 bridgehead atoms. The first-order valence-corrected chi connectivity index (χ1v) is 6.54. The van der Waals surface area contributed by atoms with Gasteiger partial charge in [-0.1, -0.05) is 6.07 Å². The Morgan fingerprint density at radius 3 is 2.69 bits per heavy atom. The van der Waals surface area contributed by atoms with E-state index in [1.807, 2.05) is 0 Å². The Kier molecular flexibility index (Phi) is 4.28. The smallest absolute Gasteiger partial charge is 0.175 e. The van der Waals surface area contributed by atoms with Crippen molar-refractivity contribution in [3.05, 3.63) is 24.3 Å². The zero-order valence-corrected chi connectivity index (χ0v) is 9.64. The first kappa shape index (κ1) is 13.0. The van der Waals surface area contributed by atoms with E-state index < -0.39 is 22.5 Å². The van der Waals surface area contributed by atoms with E-state index in [1.54, 1.807) is 12.1 Å². The summed E-state index contributed by atoms with van der Waals surface area (Å²) in [5, 5.41) is 17.6. The van der Waals surface area contributed by atoms with Crippen molar-refractivity contribution in [3.8, 4) is 5.75 Å². The lowest BCUT2D eigenvalue weighted by molar-refractivity contribution is 0.0535. The fraction of sp³-hybridized carbons (Fsp3) is 0.400. The zero-order valence-electron chi connectivity index (χ0n) is 8.83. The molecule has 0 amide bonds. The number of hydrogen-bond donors (Lipinski definition) is 2. The monoisotopic (exact) mass is 246 g/mol. The van der Waals surface area contributed by atoms with Crippen molar-refractivity contribution in [1.82, 2.24) is 0 Å². The summed E-state index contributed by atoms with van der Waals surface area (Å²) < 4.78 is 27.6. The molecule has 2 N–H and O–H groups in total. The highest BCUT2D eigenvalue weighted by Gasteiger charge is 2.08. The molecule has 0 saturated carbocycles. The van der Waals surface area contributed by atoms with E-state index in [2.05, 4.69) is 0 Å². The number of aliphatic hydroxyl groups excluding tert-OH is 2. The van der Waals surface area contributed by atoms with Crippen molar-refractivity contribution in [2.45, 2.75) is 11.0 Å². The van der Waals surface area contributed by atoms with Gasteiger partial charge in [0.1, 0.15) is 18.5 Å². The molecule has 1 rings (SSSR count). The molecule has 1 aromatic carbocycles. The quantitative estimate of drug-likeness (QED) is 0.753. The van der Waals surface area contributed by atoms with Crippen molar-refractivity contribution in [2.24, 2.45) is 0 Å². The maximum Gasteiger partial charge on any atom is 0.175 e. The Morgan fingerprint density at radius 1 is 1.44 bits per heavy atom. The topological polar surface area (TPSA) is 83.8 Å². The molecule has 0 radical (unpaired) electrons. The van der Waals surface area contributed by atoms with Crippen LogP contribution in [0, 0.1) is 0 Å². The lowest BCUT2D eigenvalue weighted by atomic mass is 10.3. The molecule has 90 valence electrons. The minimum absolute atomic E-state index is 0.0796. The number of sulfone groups is 1. The van der Waals surface area contributed by atoms with Crippen molar-refractivity contribution in [3.63, 3.8) is 0 Å².